The highest BCUT2D eigenvalue weighted by molar-refractivity contribution is 6.31. The molecular weight excluding hydrogens is 328 g/mol. The number of anilines is 1. The summed E-state index contributed by atoms with van der Waals surface area (Å²) in [5.41, 5.74) is 0.568. The number of halogens is 1. The number of hydrogen-bond donors (Lipinski definition) is 0. The summed E-state index contributed by atoms with van der Waals surface area (Å²) >= 11 is 6.03. The number of carbonyl (C=O) groups is 2. The number of ether oxygens (including phenoxy) is 1. The van der Waals surface area contributed by atoms with E-state index in [1.165, 1.54) is 37.0 Å². The topological polar surface area (TPSA) is 49.9 Å². The molecule has 0 atom stereocenters. The van der Waals surface area contributed by atoms with E-state index in [1.807, 2.05) is 7.05 Å². The molecule has 5 nitrogen and oxygen atoms in total. The highest BCUT2D eigenvalue weighted by Gasteiger charge is 2.29. The summed E-state index contributed by atoms with van der Waals surface area (Å²) in [5.74, 6) is 0.891. The molecule has 6 heteroatoms. The van der Waals surface area contributed by atoms with Crippen LogP contribution in [0.1, 0.15) is 32.1 Å². The first-order chi connectivity index (χ1) is 11.5. The minimum atomic E-state index is -0.218. The maximum Gasteiger partial charge on any atom is 0.265 e. The Bertz CT molecular complexity index is 629. The van der Waals surface area contributed by atoms with Gasteiger partial charge in [0.25, 0.3) is 5.91 Å². The normalized spacial score (nSPS) is 18.1. The summed E-state index contributed by atoms with van der Waals surface area (Å²) in [7, 11) is 1.82. The average molecular weight is 351 g/mol. The molecule has 3 rings (SSSR count). The second-order valence-corrected chi connectivity index (χ2v) is 7.10. The third-order valence-corrected chi connectivity index (χ3v) is 5.08. The fraction of sp³-hybridized carbons (Fsp3) is 0.556. The molecule has 1 aromatic rings. The number of rotatable bonds is 4. The van der Waals surface area contributed by atoms with Crippen molar-refractivity contribution in [3.63, 3.8) is 0 Å². The molecule has 1 aromatic carbocycles. The van der Waals surface area contributed by atoms with Gasteiger partial charge < -0.3 is 9.64 Å². The lowest BCUT2D eigenvalue weighted by Crippen LogP contribution is -2.46. The third kappa shape index (κ3) is 3.83. The number of fused-ring (bicyclic) bond motifs is 1. The highest BCUT2D eigenvalue weighted by atomic mass is 35.5. The molecule has 0 unspecified atom stereocenters. The van der Waals surface area contributed by atoms with Gasteiger partial charge in [-0.1, -0.05) is 30.9 Å². The molecule has 24 heavy (non-hydrogen) atoms. The summed E-state index contributed by atoms with van der Waals surface area (Å²) < 4.78 is 5.41. The molecule has 0 N–H and O–H groups in total. The summed E-state index contributed by atoms with van der Waals surface area (Å²) in [6.07, 6.45) is 6.17. The minimum absolute atomic E-state index is 0.0265. The first kappa shape index (κ1) is 17.1. The van der Waals surface area contributed by atoms with Gasteiger partial charge in [0.1, 0.15) is 12.3 Å². The molecule has 130 valence electrons. The van der Waals surface area contributed by atoms with E-state index in [4.69, 9.17) is 16.3 Å². The molecule has 1 saturated carbocycles. The number of likely N-dealkylation sites (N-methyl/N-ethyl adjacent to an activating group) is 1. The van der Waals surface area contributed by atoms with E-state index in [1.54, 1.807) is 23.1 Å². The van der Waals surface area contributed by atoms with E-state index in [2.05, 4.69) is 0 Å². The molecule has 2 amide bonds. The van der Waals surface area contributed by atoms with Crippen molar-refractivity contribution < 1.29 is 14.3 Å². The Labute approximate surface area is 147 Å². The summed E-state index contributed by atoms with van der Waals surface area (Å²) in [6.45, 7) is 0.743. The largest absolute Gasteiger partial charge is 0.482 e. The standard InChI is InChI=1S/C18H23ClN2O3/c1-20(10-13-5-3-2-4-6-13)17(22)11-21-15-9-14(19)7-8-16(15)24-12-18(21)23/h7-9,13H,2-6,10-12H2,1H3. The zero-order valence-electron chi connectivity index (χ0n) is 14.0. The van der Waals surface area contributed by atoms with Crippen molar-refractivity contribution in [3.05, 3.63) is 23.2 Å². The first-order valence-corrected chi connectivity index (χ1v) is 8.89. The monoisotopic (exact) mass is 350 g/mol. The fourth-order valence-corrected chi connectivity index (χ4v) is 3.63. The van der Waals surface area contributed by atoms with E-state index in [0.717, 1.165) is 6.54 Å². The number of hydrogen-bond acceptors (Lipinski definition) is 3. The SMILES string of the molecule is CN(CC1CCCCC1)C(=O)CN1C(=O)COc2ccc(Cl)cc21. The van der Waals surface area contributed by atoms with Gasteiger partial charge in [-0.15, -0.1) is 0 Å². The molecule has 0 radical (unpaired) electrons. The van der Waals surface area contributed by atoms with Crippen molar-refractivity contribution in [1.82, 2.24) is 4.90 Å². The van der Waals surface area contributed by atoms with Gasteiger partial charge in [0.15, 0.2) is 6.61 Å². The van der Waals surface area contributed by atoms with Crippen molar-refractivity contribution in [2.75, 3.05) is 31.6 Å². The number of nitrogens with zero attached hydrogens (tertiary/aromatic N) is 2. The fourth-order valence-electron chi connectivity index (χ4n) is 3.46. The van der Waals surface area contributed by atoms with E-state index >= 15 is 0 Å². The zero-order valence-corrected chi connectivity index (χ0v) is 14.7. The number of carbonyl (C=O) groups excluding carboxylic acids is 2. The van der Waals surface area contributed by atoms with Gasteiger partial charge in [-0.05, 0) is 37.0 Å². The van der Waals surface area contributed by atoms with Gasteiger partial charge in [0, 0.05) is 18.6 Å². The average Bonchev–Trinajstić information content (AvgIpc) is 2.58. The van der Waals surface area contributed by atoms with Gasteiger partial charge >= 0.3 is 0 Å². The number of benzene rings is 1. The van der Waals surface area contributed by atoms with Gasteiger partial charge in [-0.3, -0.25) is 14.5 Å². The maximum absolute atomic E-state index is 12.6. The second-order valence-electron chi connectivity index (χ2n) is 6.66. The maximum atomic E-state index is 12.6. The Morgan fingerprint density at radius 2 is 2.08 bits per heavy atom. The van der Waals surface area contributed by atoms with E-state index in [9.17, 15) is 9.59 Å². The van der Waals surface area contributed by atoms with Crippen LogP contribution in [0.25, 0.3) is 0 Å². The second kappa shape index (κ2) is 7.43. The summed E-state index contributed by atoms with van der Waals surface area (Å²) in [6, 6.07) is 5.11. The smallest absolute Gasteiger partial charge is 0.265 e. The van der Waals surface area contributed by atoms with Crippen molar-refractivity contribution in [2.24, 2.45) is 5.92 Å². The summed E-state index contributed by atoms with van der Waals surface area (Å²) in [4.78, 5) is 28.0. The van der Waals surface area contributed by atoms with Crippen LogP contribution in [0, 0.1) is 5.92 Å². The van der Waals surface area contributed by atoms with Crippen molar-refractivity contribution in [2.45, 2.75) is 32.1 Å². The van der Waals surface area contributed by atoms with Crippen LogP contribution in [0.5, 0.6) is 5.75 Å². The lowest BCUT2D eigenvalue weighted by atomic mass is 9.89. The Morgan fingerprint density at radius 3 is 2.83 bits per heavy atom. The Hall–Kier alpha value is -1.75. The first-order valence-electron chi connectivity index (χ1n) is 8.51. The van der Waals surface area contributed by atoms with Crippen molar-refractivity contribution >= 4 is 29.1 Å². The van der Waals surface area contributed by atoms with Crippen LogP contribution in [0.2, 0.25) is 5.02 Å². The molecular formula is C18H23ClN2O3. The Kier molecular flexibility index (Phi) is 5.29. The van der Waals surface area contributed by atoms with Crippen molar-refractivity contribution in [3.8, 4) is 5.75 Å². The minimum Gasteiger partial charge on any atom is -0.482 e. The molecule has 0 bridgehead atoms. The molecule has 1 fully saturated rings. The Balaban J connectivity index is 1.67. The van der Waals surface area contributed by atoms with Crippen LogP contribution in [0.3, 0.4) is 0 Å². The predicted molar refractivity (Wildman–Crippen MR) is 93.5 cm³/mol. The molecule has 2 aliphatic rings. The molecule has 0 spiro atoms. The van der Waals surface area contributed by atoms with Crippen LogP contribution in [0.4, 0.5) is 5.69 Å². The van der Waals surface area contributed by atoms with Crippen LogP contribution < -0.4 is 9.64 Å². The zero-order chi connectivity index (χ0) is 17.1. The highest BCUT2D eigenvalue weighted by Crippen LogP contribution is 2.34. The van der Waals surface area contributed by atoms with Crippen LogP contribution in [-0.2, 0) is 9.59 Å². The van der Waals surface area contributed by atoms with Crippen LogP contribution >= 0.6 is 11.6 Å². The van der Waals surface area contributed by atoms with E-state index < -0.39 is 0 Å². The van der Waals surface area contributed by atoms with Gasteiger partial charge in [0.05, 0.1) is 5.69 Å². The van der Waals surface area contributed by atoms with Crippen LogP contribution in [0.15, 0.2) is 18.2 Å². The van der Waals surface area contributed by atoms with Gasteiger partial charge in [-0.2, -0.15) is 0 Å². The number of amides is 2. The molecule has 1 aliphatic heterocycles. The quantitative estimate of drug-likeness (QED) is 0.838. The molecule has 1 heterocycles. The van der Waals surface area contributed by atoms with Gasteiger partial charge in [0.2, 0.25) is 5.91 Å². The predicted octanol–water partition coefficient (Wildman–Crippen LogP) is 3.10. The van der Waals surface area contributed by atoms with Crippen LogP contribution in [-0.4, -0.2) is 43.5 Å². The van der Waals surface area contributed by atoms with Crippen molar-refractivity contribution in [1.29, 1.82) is 0 Å². The van der Waals surface area contributed by atoms with Gasteiger partial charge in [-0.25, -0.2) is 0 Å². The Morgan fingerprint density at radius 1 is 1.33 bits per heavy atom. The third-order valence-electron chi connectivity index (χ3n) is 4.84. The van der Waals surface area contributed by atoms with E-state index in [-0.39, 0.29) is 25.0 Å². The lowest BCUT2D eigenvalue weighted by Gasteiger charge is -2.32. The molecule has 1 aliphatic carbocycles. The molecule has 0 aromatic heterocycles. The molecule has 0 saturated heterocycles. The summed E-state index contributed by atoms with van der Waals surface area (Å²) in [5, 5.41) is 0.514. The van der Waals surface area contributed by atoms with E-state index in [0.29, 0.717) is 22.4 Å². The lowest BCUT2D eigenvalue weighted by molar-refractivity contribution is -0.131.